The maximum absolute atomic E-state index is 11.9. The van der Waals surface area contributed by atoms with Gasteiger partial charge in [-0.15, -0.1) is 0 Å². The minimum atomic E-state index is -1.26. The molecule has 22 heavy (non-hydrogen) atoms. The highest BCUT2D eigenvalue weighted by atomic mass is 16.6. The van der Waals surface area contributed by atoms with Crippen LogP contribution in [0.3, 0.4) is 0 Å². The lowest BCUT2D eigenvalue weighted by Crippen LogP contribution is -2.56. The van der Waals surface area contributed by atoms with Crippen molar-refractivity contribution < 1.29 is 24.2 Å². The fraction of sp³-hybridized carbons (Fsp3) is 0.429. The van der Waals surface area contributed by atoms with Crippen molar-refractivity contribution >= 4 is 11.8 Å². The van der Waals surface area contributed by atoms with Gasteiger partial charge in [0, 0.05) is 18.3 Å². The van der Waals surface area contributed by atoms with Gasteiger partial charge in [-0.05, 0) is 17.7 Å². The number of carbonyl (C=O) groups is 2. The van der Waals surface area contributed by atoms with E-state index in [1.807, 2.05) is 0 Å². The number of hydrogen-bond acceptors (Lipinski definition) is 6. The van der Waals surface area contributed by atoms with Gasteiger partial charge < -0.3 is 14.6 Å². The number of ether oxygens (including phenoxy) is 2. The van der Waals surface area contributed by atoms with Crippen LogP contribution in [0.15, 0.2) is 35.4 Å². The molecule has 1 fully saturated rings. The molecule has 0 aromatic heterocycles. The van der Waals surface area contributed by atoms with Crippen LogP contribution in [0.1, 0.15) is 13.3 Å². The fourth-order valence-electron chi connectivity index (χ4n) is 2.33. The Morgan fingerprint density at radius 1 is 1.41 bits per heavy atom. The third-order valence-electron chi connectivity index (χ3n) is 3.25. The molecule has 1 saturated carbocycles. The molecular formula is C14H15N3O5. The molecule has 0 saturated heterocycles. The molecule has 0 amide bonds. The summed E-state index contributed by atoms with van der Waals surface area (Å²) in [5.41, 5.74) is 8.70. The Hall–Kier alpha value is -2.57. The molecule has 0 aliphatic heterocycles. The fourth-order valence-corrected chi connectivity index (χ4v) is 2.33. The Morgan fingerprint density at radius 2 is 2.09 bits per heavy atom. The van der Waals surface area contributed by atoms with Crippen LogP contribution in [-0.4, -0.2) is 41.2 Å². The van der Waals surface area contributed by atoms with E-state index < -0.39 is 36.1 Å². The Bertz CT molecular complexity index is 600. The van der Waals surface area contributed by atoms with Crippen molar-refractivity contribution in [3.63, 3.8) is 0 Å². The van der Waals surface area contributed by atoms with Gasteiger partial charge in [0.15, 0.2) is 11.9 Å². The van der Waals surface area contributed by atoms with Crippen molar-refractivity contribution in [2.75, 3.05) is 0 Å². The number of azide groups is 1. The van der Waals surface area contributed by atoms with E-state index in [-0.39, 0.29) is 6.42 Å². The molecule has 8 nitrogen and oxygen atoms in total. The van der Waals surface area contributed by atoms with Gasteiger partial charge in [0.2, 0.25) is 0 Å². The molecule has 4 atom stereocenters. The van der Waals surface area contributed by atoms with E-state index in [2.05, 4.69) is 10.0 Å². The summed E-state index contributed by atoms with van der Waals surface area (Å²) in [5, 5.41) is 13.6. The number of Topliss-reactive ketones (excluding diaryl/α,β-unsaturated/α-hetero) is 1. The molecule has 1 unspecified atom stereocenters. The summed E-state index contributed by atoms with van der Waals surface area (Å²) < 4.78 is 10.6. The van der Waals surface area contributed by atoms with Crippen molar-refractivity contribution in [3.8, 4) is 5.75 Å². The average molecular weight is 305 g/mol. The molecule has 0 bridgehead atoms. The van der Waals surface area contributed by atoms with E-state index in [4.69, 9.17) is 15.0 Å². The summed E-state index contributed by atoms with van der Waals surface area (Å²) >= 11 is 0. The van der Waals surface area contributed by atoms with Crippen molar-refractivity contribution in [3.05, 3.63) is 40.8 Å². The minimum Gasteiger partial charge on any atom is -0.487 e. The zero-order valence-corrected chi connectivity index (χ0v) is 11.8. The normalized spacial score (nSPS) is 27.6. The van der Waals surface area contributed by atoms with Crippen LogP contribution in [0.25, 0.3) is 10.4 Å². The van der Waals surface area contributed by atoms with E-state index in [1.54, 1.807) is 30.3 Å². The Morgan fingerprint density at radius 3 is 2.68 bits per heavy atom. The molecule has 0 radical (unpaired) electrons. The van der Waals surface area contributed by atoms with Gasteiger partial charge >= 0.3 is 5.97 Å². The Balaban J connectivity index is 2.29. The van der Waals surface area contributed by atoms with Crippen molar-refractivity contribution in [1.29, 1.82) is 0 Å². The maximum atomic E-state index is 11.9. The summed E-state index contributed by atoms with van der Waals surface area (Å²) in [6.45, 7) is 1.15. The average Bonchev–Trinajstić information content (AvgIpc) is 2.48. The van der Waals surface area contributed by atoms with Crippen LogP contribution in [0.2, 0.25) is 0 Å². The van der Waals surface area contributed by atoms with E-state index in [1.165, 1.54) is 0 Å². The molecule has 1 aliphatic rings. The summed E-state index contributed by atoms with van der Waals surface area (Å²) in [7, 11) is 0. The molecule has 116 valence electrons. The van der Waals surface area contributed by atoms with Gasteiger partial charge in [0.25, 0.3) is 0 Å². The number of esters is 1. The molecule has 1 aromatic carbocycles. The highest BCUT2D eigenvalue weighted by Gasteiger charge is 2.46. The third kappa shape index (κ3) is 3.55. The van der Waals surface area contributed by atoms with Gasteiger partial charge in [-0.2, -0.15) is 0 Å². The monoisotopic (exact) mass is 305 g/mol. The van der Waals surface area contributed by atoms with Gasteiger partial charge in [-0.3, -0.25) is 9.59 Å². The van der Waals surface area contributed by atoms with Crippen LogP contribution >= 0.6 is 0 Å². The van der Waals surface area contributed by atoms with Crippen LogP contribution in [0.5, 0.6) is 5.75 Å². The van der Waals surface area contributed by atoms with E-state index in [0.29, 0.717) is 5.75 Å². The number of benzene rings is 1. The molecule has 2 rings (SSSR count). The second-order valence-corrected chi connectivity index (χ2v) is 4.86. The van der Waals surface area contributed by atoms with E-state index in [0.717, 1.165) is 6.92 Å². The number of aliphatic hydroxyl groups is 1. The number of carbonyl (C=O) groups excluding carboxylic acids is 2. The van der Waals surface area contributed by atoms with Gasteiger partial charge in [-0.25, -0.2) is 0 Å². The lowest BCUT2D eigenvalue weighted by molar-refractivity contribution is -0.162. The first-order valence-corrected chi connectivity index (χ1v) is 6.67. The van der Waals surface area contributed by atoms with Gasteiger partial charge in [-0.1, -0.05) is 23.3 Å². The second-order valence-electron chi connectivity index (χ2n) is 4.86. The molecule has 0 heterocycles. The summed E-state index contributed by atoms with van der Waals surface area (Å²) in [6.07, 6.45) is -3.65. The molecule has 1 aliphatic carbocycles. The first-order chi connectivity index (χ1) is 10.5. The zero-order chi connectivity index (χ0) is 16.1. The number of rotatable bonds is 4. The molecule has 0 spiro atoms. The number of aliphatic hydroxyl groups excluding tert-OH is 1. The number of hydrogen-bond donors (Lipinski definition) is 1. The molecule has 8 heteroatoms. The summed E-state index contributed by atoms with van der Waals surface area (Å²) in [4.78, 5) is 25.8. The van der Waals surface area contributed by atoms with Gasteiger partial charge in [0.05, 0.1) is 6.10 Å². The third-order valence-corrected chi connectivity index (χ3v) is 3.25. The van der Waals surface area contributed by atoms with Crippen molar-refractivity contribution in [1.82, 2.24) is 0 Å². The molecule has 1 aromatic rings. The lowest BCUT2D eigenvalue weighted by atomic mass is 9.86. The smallest absolute Gasteiger partial charge is 0.303 e. The van der Waals surface area contributed by atoms with E-state index in [9.17, 15) is 14.7 Å². The highest BCUT2D eigenvalue weighted by molar-refractivity contribution is 5.87. The van der Waals surface area contributed by atoms with Crippen molar-refractivity contribution in [2.24, 2.45) is 5.11 Å². The Kier molecular flexibility index (Phi) is 4.98. The Labute approximate surface area is 126 Å². The predicted molar refractivity (Wildman–Crippen MR) is 75.0 cm³/mol. The van der Waals surface area contributed by atoms with E-state index >= 15 is 0 Å². The predicted octanol–water partition coefficient (Wildman–Crippen LogP) is 1.38. The van der Waals surface area contributed by atoms with Crippen LogP contribution in [0, 0.1) is 0 Å². The lowest BCUT2D eigenvalue weighted by Gasteiger charge is -2.36. The molecular weight excluding hydrogens is 290 g/mol. The topological polar surface area (TPSA) is 122 Å². The quantitative estimate of drug-likeness (QED) is 0.390. The SMILES string of the molecule is CC(=O)O[C@@H]1C(=O)CC(O)[C@H](Oc2ccccc2)[C@H]1N=[N+]=[N-]. The standard InChI is InChI=1S/C14H15N3O5/c1-8(18)21-13-10(19)7-11(20)14(12(13)16-17-15)22-9-5-3-2-4-6-9/h2-6,11-14,20H,7H2,1H3/t11?,12-,13+,14-/m0/s1. The van der Waals surface area contributed by atoms with Crippen LogP contribution in [0.4, 0.5) is 0 Å². The largest absolute Gasteiger partial charge is 0.487 e. The molecule has 1 N–H and O–H groups in total. The summed E-state index contributed by atoms with van der Waals surface area (Å²) in [6, 6.07) is 7.46. The van der Waals surface area contributed by atoms with Crippen LogP contribution in [-0.2, 0) is 14.3 Å². The first kappa shape index (κ1) is 15.8. The maximum Gasteiger partial charge on any atom is 0.303 e. The zero-order valence-electron chi connectivity index (χ0n) is 11.8. The minimum absolute atomic E-state index is 0.243. The van der Waals surface area contributed by atoms with Crippen molar-refractivity contribution in [2.45, 2.75) is 37.7 Å². The highest BCUT2D eigenvalue weighted by Crippen LogP contribution is 2.27. The second kappa shape index (κ2) is 6.93. The summed E-state index contributed by atoms with van der Waals surface area (Å²) in [5.74, 6) is -0.736. The first-order valence-electron chi connectivity index (χ1n) is 6.67. The van der Waals surface area contributed by atoms with Gasteiger partial charge in [0.1, 0.15) is 17.9 Å². The van der Waals surface area contributed by atoms with Crippen LogP contribution < -0.4 is 4.74 Å². The number of nitrogens with zero attached hydrogens (tertiary/aromatic N) is 3. The number of ketones is 1. The number of para-hydroxylation sites is 1.